The lowest BCUT2D eigenvalue weighted by molar-refractivity contribution is 0.0950. The molecule has 1 aliphatic heterocycles. The quantitative estimate of drug-likeness (QED) is 0.921. The van der Waals surface area contributed by atoms with Gasteiger partial charge in [0, 0.05) is 44.1 Å². The minimum absolute atomic E-state index is 0.00382. The largest absolute Gasteiger partial charge is 0.368 e. The highest BCUT2D eigenvalue weighted by Crippen LogP contribution is 2.26. The highest BCUT2D eigenvalue weighted by atomic mass is 16.1. The molecule has 1 aromatic carbocycles. The van der Waals surface area contributed by atoms with Gasteiger partial charge in [-0.25, -0.2) is 0 Å². The molecule has 0 bridgehead atoms. The van der Waals surface area contributed by atoms with E-state index in [2.05, 4.69) is 52.1 Å². The molecule has 26 heavy (non-hydrogen) atoms. The van der Waals surface area contributed by atoms with Crippen LogP contribution >= 0.6 is 0 Å². The van der Waals surface area contributed by atoms with Gasteiger partial charge in [0.15, 0.2) is 0 Å². The summed E-state index contributed by atoms with van der Waals surface area (Å²) in [6.07, 6.45) is 5.72. The zero-order valence-electron chi connectivity index (χ0n) is 15.5. The van der Waals surface area contributed by atoms with Crippen LogP contribution in [0.15, 0.2) is 36.7 Å². The number of pyridine rings is 1. The van der Waals surface area contributed by atoms with Crippen molar-refractivity contribution in [3.8, 4) is 0 Å². The van der Waals surface area contributed by atoms with E-state index in [4.69, 9.17) is 0 Å². The molecule has 0 radical (unpaired) electrons. The van der Waals surface area contributed by atoms with Crippen molar-refractivity contribution in [2.75, 3.05) is 36.0 Å². The number of amides is 1. The van der Waals surface area contributed by atoms with Crippen molar-refractivity contribution in [2.45, 2.75) is 32.7 Å². The number of carbonyl (C=O) groups is 1. The van der Waals surface area contributed by atoms with Crippen molar-refractivity contribution in [1.29, 1.82) is 0 Å². The molecule has 5 nitrogen and oxygen atoms in total. The molecule has 136 valence electrons. The predicted octanol–water partition coefficient (Wildman–Crippen LogP) is 2.92. The summed E-state index contributed by atoms with van der Waals surface area (Å²) in [6.45, 7) is 8.18. The Hall–Kier alpha value is -2.56. The molecule has 4 rings (SSSR count). The average molecular weight is 350 g/mol. The first-order valence-electron chi connectivity index (χ1n) is 9.44. The topological polar surface area (TPSA) is 48.5 Å². The van der Waals surface area contributed by atoms with E-state index < -0.39 is 0 Å². The van der Waals surface area contributed by atoms with Gasteiger partial charge in [0.25, 0.3) is 5.91 Å². The maximum Gasteiger partial charge on any atom is 0.253 e. The molecule has 1 aromatic heterocycles. The molecular weight excluding hydrogens is 324 g/mol. The SMILES string of the molecule is Cc1cccc(N2CCN(c3cncc(C(=O)NC4CC4)c3)CC2)c1C. The van der Waals surface area contributed by atoms with Crippen LogP contribution < -0.4 is 15.1 Å². The Morgan fingerprint density at radius 2 is 1.81 bits per heavy atom. The Morgan fingerprint density at radius 1 is 1.08 bits per heavy atom. The Bertz CT molecular complexity index is 807. The second-order valence-corrected chi connectivity index (χ2v) is 7.37. The first kappa shape index (κ1) is 16.9. The fourth-order valence-corrected chi connectivity index (χ4v) is 3.51. The molecule has 2 heterocycles. The van der Waals surface area contributed by atoms with Crippen LogP contribution in [-0.4, -0.2) is 43.1 Å². The molecule has 2 aliphatic rings. The number of piperazine rings is 1. The third kappa shape index (κ3) is 3.52. The standard InChI is InChI=1S/C21H26N4O/c1-15-4-3-5-20(16(15)2)25-10-8-24(9-11-25)19-12-17(13-22-14-19)21(26)23-18-6-7-18/h3-5,12-14,18H,6-11H2,1-2H3,(H,23,26). The summed E-state index contributed by atoms with van der Waals surface area (Å²) < 4.78 is 0. The first-order chi connectivity index (χ1) is 12.6. The van der Waals surface area contributed by atoms with Crippen LogP contribution in [0.4, 0.5) is 11.4 Å². The van der Waals surface area contributed by atoms with Crippen molar-refractivity contribution in [3.63, 3.8) is 0 Å². The predicted molar refractivity (Wildman–Crippen MR) is 105 cm³/mol. The Kier molecular flexibility index (Phi) is 4.53. The monoisotopic (exact) mass is 350 g/mol. The number of rotatable bonds is 4. The molecule has 0 atom stereocenters. The lowest BCUT2D eigenvalue weighted by Gasteiger charge is -2.38. The molecule has 5 heteroatoms. The number of aryl methyl sites for hydroxylation is 1. The lowest BCUT2D eigenvalue weighted by Crippen LogP contribution is -2.46. The van der Waals surface area contributed by atoms with Crippen LogP contribution in [0.2, 0.25) is 0 Å². The van der Waals surface area contributed by atoms with Crippen LogP contribution in [0.5, 0.6) is 0 Å². The van der Waals surface area contributed by atoms with Crippen molar-refractivity contribution < 1.29 is 4.79 Å². The average Bonchev–Trinajstić information content (AvgIpc) is 3.48. The van der Waals surface area contributed by atoms with Gasteiger partial charge in [0.2, 0.25) is 0 Å². The van der Waals surface area contributed by atoms with E-state index in [0.29, 0.717) is 11.6 Å². The molecular formula is C21H26N4O. The van der Waals surface area contributed by atoms with Gasteiger partial charge in [0.1, 0.15) is 0 Å². The lowest BCUT2D eigenvalue weighted by atomic mass is 10.1. The van der Waals surface area contributed by atoms with Crippen LogP contribution in [0.25, 0.3) is 0 Å². The summed E-state index contributed by atoms with van der Waals surface area (Å²) in [6, 6.07) is 8.85. The molecule has 1 amide bonds. The second-order valence-electron chi connectivity index (χ2n) is 7.37. The summed E-state index contributed by atoms with van der Waals surface area (Å²) in [5, 5.41) is 3.03. The Morgan fingerprint density at radius 3 is 2.54 bits per heavy atom. The third-order valence-electron chi connectivity index (χ3n) is 5.46. The number of hydrogen-bond donors (Lipinski definition) is 1. The fourth-order valence-electron chi connectivity index (χ4n) is 3.51. The summed E-state index contributed by atoms with van der Waals surface area (Å²) in [5.41, 5.74) is 5.73. The zero-order valence-corrected chi connectivity index (χ0v) is 15.5. The number of nitrogens with one attached hydrogen (secondary N) is 1. The van der Waals surface area contributed by atoms with E-state index in [-0.39, 0.29) is 5.91 Å². The second kappa shape index (κ2) is 6.98. The van der Waals surface area contributed by atoms with Gasteiger partial charge >= 0.3 is 0 Å². The van der Waals surface area contributed by atoms with Gasteiger partial charge in [0.05, 0.1) is 17.4 Å². The molecule has 0 unspecified atom stereocenters. The van der Waals surface area contributed by atoms with Gasteiger partial charge in [-0.05, 0) is 49.9 Å². The van der Waals surface area contributed by atoms with E-state index in [0.717, 1.165) is 44.7 Å². The van der Waals surface area contributed by atoms with Gasteiger partial charge in [-0.2, -0.15) is 0 Å². The molecule has 2 fully saturated rings. The summed E-state index contributed by atoms with van der Waals surface area (Å²) in [5.74, 6) is -0.00382. The number of benzene rings is 1. The van der Waals surface area contributed by atoms with E-state index in [1.807, 2.05) is 12.3 Å². The molecule has 0 spiro atoms. The van der Waals surface area contributed by atoms with Crippen LogP contribution in [0.3, 0.4) is 0 Å². The van der Waals surface area contributed by atoms with Crippen molar-refractivity contribution in [2.24, 2.45) is 0 Å². The number of anilines is 2. The van der Waals surface area contributed by atoms with E-state index in [9.17, 15) is 4.79 Å². The minimum atomic E-state index is -0.00382. The maximum absolute atomic E-state index is 12.3. The van der Waals surface area contributed by atoms with Crippen molar-refractivity contribution >= 4 is 17.3 Å². The molecule has 1 saturated heterocycles. The highest BCUT2D eigenvalue weighted by molar-refractivity contribution is 5.95. The maximum atomic E-state index is 12.3. The summed E-state index contributed by atoms with van der Waals surface area (Å²) in [4.78, 5) is 21.3. The van der Waals surface area contributed by atoms with E-state index in [1.54, 1.807) is 6.20 Å². The van der Waals surface area contributed by atoms with E-state index in [1.165, 1.54) is 16.8 Å². The van der Waals surface area contributed by atoms with Crippen molar-refractivity contribution in [3.05, 3.63) is 53.3 Å². The number of hydrogen-bond acceptors (Lipinski definition) is 4. The fraction of sp³-hybridized carbons (Fsp3) is 0.429. The van der Waals surface area contributed by atoms with Crippen LogP contribution in [0, 0.1) is 13.8 Å². The van der Waals surface area contributed by atoms with E-state index >= 15 is 0 Å². The Balaban J connectivity index is 1.43. The molecule has 1 N–H and O–H groups in total. The van der Waals surface area contributed by atoms with Gasteiger partial charge in [-0.3, -0.25) is 9.78 Å². The summed E-state index contributed by atoms with van der Waals surface area (Å²) >= 11 is 0. The number of aromatic nitrogens is 1. The van der Waals surface area contributed by atoms with Gasteiger partial charge in [-0.1, -0.05) is 12.1 Å². The molecule has 1 aliphatic carbocycles. The highest BCUT2D eigenvalue weighted by Gasteiger charge is 2.25. The van der Waals surface area contributed by atoms with Crippen LogP contribution in [-0.2, 0) is 0 Å². The Labute approximate surface area is 155 Å². The minimum Gasteiger partial charge on any atom is -0.368 e. The number of nitrogens with zero attached hydrogens (tertiary/aromatic N) is 3. The molecule has 1 saturated carbocycles. The number of carbonyl (C=O) groups excluding carboxylic acids is 1. The first-order valence-corrected chi connectivity index (χ1v) is 9.44. The van der Waals surface area contributed by atoms with Crippen molar-refractivity contribution in [1.82, 2.24) is 10.3 Å². The van der Waals surface area contributed by atoms with Crippen LogP contribution in [0.1, 0.15) is 34.3 Å². The zero-order chi connectivity index (χ0) is 18.1. The summed E-state index contributed by atoms with van der Waals surface area (Å²) in [7, 11) is 0. The van der Waals surface area contributed by atoms with Gasteiger partial charge < -0.3 is 15.1 Å². The third-order valence-corrected chi connectivity index (χ3v) is 5.46. The smallest absolute Gasteiger partial charge is 0.253 e. The normalized spacial score (nSPS) is 17.3. The van der Waals surface area contributed by atoms with Gasteiger partial charge in [-0.15, -0.1) is 0 Å². The molecule has 2 aromatic rings.